The predicted octanol–water partition coefficient (Wildman–Crippen LogP) is 3.03. The molecule has 2 atom stereocenters. The zero-order valence-corrected chi connectivity index (χ0v) is 13.0. The smallest absolute Gasteiger partial charge is 0.294 e. The van der Waals surface area contributed by atoms with Crippen molar-refractivity contribution in [3.05, 3.63) is 29.6 Å². The molecule has 0 radical (unpaired) electrons. The van der Waals surface area contributed by atoms with E-state index in [0.717, 1.165) is 24.9 Å². The first kappa shape index (κ1) is 16.4. The van der Waals surface area contributed by atoms with Gasteiger partial charge in [0.1, 0.15) is 0 Å². The summed E-state index contributed by atoms with van der Waals surface area (Å²) in [6, 6.07) is 0.785. The molecule has 126 valence electrons. The van der Waals surface area contributed by atoms with Gasteiger partial charge < -0.3 is 0 Å². The maximum atomic E-state index is 13.1. The van der Waals surface area contributed by atoms with Crippen molar-refractivity contribution in [3.63, 3.8) is 0 Å². The summed E-state index contributed by atoms with van der Waals surface area (Å²) in [5, 5.41) is -1.20. The third kappa shape index (κ3) is 2.88. The topological polar surface area (TPSA) is 64.1 Å². The van der Waals surface area contributed by atoms with E-state index in [1.807, 2.05) is 0 Å². The number of aromatic nitrogens is 1. The number of ketones is 1. The highest BCUT2D eigenvalue weighted by molar-refractivity contribution is 7.92. The lowest BCUT2D eigenvalue weighted by Gasteiger charge is -2.38. The maximum absolute atomic E-state index is 13.1. The number of fused-ring (bicyclic) bond motifs is 2. The van der Waals surface area contributed by atoms with Crippen molar-refractivity contribution in [2.45, 2.75) is 48.8 Å². The van der Waals surface area contributed by atoms with Gasteiger partial charge in [0.2, 0.25) is 0 Å². The summed E-state index contributed by atoms with van der Waals surface area (Å²) in [5.74, 6) is -1.32. The normalized spacial score (nSPS) is 30.0. The Morgan fingerprint density at radius 2 is 1.78 bits per heavy atom. The molecule has 1 aromatic rings. The maximum Gasteiger partial charge on any atom is 0.417 e. The summed E-state index contributed by atoms with van der Waals surface area (Å²) >= 11 is 0. The number of sulfone groups is 1. The summed E-state index contributed by atoms with van der Waals surface area (Å²) in [6.45, 7) is 0. The van der Waals surface area contributed by atoms with Crippen LogP contribution in [0.4, 0.5) is 13.2 Å². The van der Waals surface area contributed by atoms with Crippen LogP contribution in [0.3, 0.4) is 0 Å². The number of carbonyl (C=O) groups is 1. The van der Waals surface area contributed by atoms with Crippen LogP contribution in [0.15, 0.2) is 18.5 Å². The van der Waals surface area contributed by atoms with E-state index in [4.69, 9.17) is 0 Å². The second-order valence-electron chi connectivity index (χ2n) is 6.22. The molecule has 3 heterocycles. The van der Waals surface area contributed by atoms with Gasteiger partial charge in [-0.3, -0.25) is 9.78 Å². The van der Waals surface area contributed by atoms with Crippen LogP contribution in [0.5, 0.6) is 0 Å². The number of Topliss-reactive ketones (excluding diaryl/α,β-unsaturated/α-hetero) is 1. The van der Waals surface area contributed by atoms with E-state index >= 15 is 0 Å². The van der Waals surface area contributed by atoms with E-state index in [9.17, 15) is 26.4 Å². The molecule has 23 heavy (non-hydrogen) atoms. The van der Waals surface area contributed by atoms with Crippen molar-refractivity contribution < 1.29 is 26.4 Å². The summed E-state index contributed by atoms with van der Waals surface area (Å²) in [6.07, 6.45) is -0.707. The molecule has 0 amide bonds. The van der Waals surface area contributed by atoms with Crippen molar-refractivity contribution in [2.75, 3.05) is 0 Å². The minimum absolute atomic E-state index is 0.115. The molecule has 1 aromatic heterocycles. The molecule has 2 fully saturated rings. The monoisotopic (exact) mass is 347 g/mol. The van der Waals surface area contributed by atoms with Crippen molar-refractivity contribution in [3.8, 4) is 0 Å². The Morgan fingerprint density at radius 3 is 2.35 bits per heavy atom. The van der Waals surface area contributed by atoms with Crippen LogP contribution in [0.1, 0.15) is 48.0 Å². The van der Waals surface area contributed by atoms with Crippen LogP contribution < -0.4 is 0 Å². The van der Waals surface area contributed by atoms with E-state index in [-0.39, 0.29) is 12.8 Å². The van der Waals surface area contributed by atoms with Gasteiger partial charge in [-0.05, 0) is 31.7 Å². The van der Waals surface area contributed by atoms with Crippen LogP contribution >= 0.6 is 0 Å². The van der Waals surface area contributed by atoms with Crippen LogP contribution in [-0.4, -0.2) is 29.7 Å². The third-order valence-electron chi connectivity index (χ3n) is 4.84. The van der Waals surface area contributed by atoms with Gasteiger partial charge in [0.25, 0.3) is 0 Å². The molecule has 2 aliphatic heterocycles. The van der Waals surface area contributed by atoms with Crippen molar-refractivity contribution in [2.24, 2.45) is 5.92 Å². The molecule has 0 N–H and O–H groups in total. The van der Waals surface area contributed by atoms with E-state index in [1.54, 1.807) is 0 Å². The third-order valence-corrected chi connectivity index (χ3v) is 7.55. The highest BCUT2D eigenvalue weighted by Gasteiger charge is 2.47. The lowest BCUT2D eigenvalue weighted by molar-refractivity contribution is -0.138. The van der Waals surface area contributed by atoms with Gasteiger partial charge in [-0.2, -0.15) is 13.2 Å². The van der Waals surface area contributed by atoms with Gasteiger partial charge in [-0.1, -0.05) is 6.42 Å². The van der Waals surface area contributed by atoms with Gasteiger partial charge >= 0.3 is 6.18 Å². The fraction of sp³-hybridized carbons (Fsp3) is 0.600. The minimum atomic E-state index is -4.63. The fourth-order valence-corrected chi connectivity index (χ4v) is 6.22. The van der Waals surface area contributed by atoms with E-state index in [2.05, 4.69) is 4.98 Å². The number of rotatable bonds is 2. The molecule has 0 aliphatic carbocycles. The van der Waals surface area contributed by atoms with Gasteiger partial charge in [0.15, 0.2) is 15.6 Å². The predicted molar refractivity (Wildman–Crippen MR) is 76.6 cm³/mol. The van der Waals surface area contributed by atoms with Crippen LogP contribution in [0.2, 0.25) is 0 Å². The molecule has 0 saturated carbocycles. The largest absolute Gasteiger partial charge is 0.417 e. The minimum Gasteiger partial charge on any atom is -0.294 e. The lowest BCUT2D eigenvalue weighted by atomic mass is 9.84. The molecular formula is C15H16F3NO3S. The zero-order chi connectivity index (χ0) is 16.8. The van der Waals surface area contributed by atoms with Crippen molar-refractivity contribution in [1.82, 2.24) is 4.98 Å². The lowest BCUT2D eigenvalue weighted by Crippen LogP contribution is -2.45. The quantitative estimate of drug-likeness (QED) is 0.772. The summed E-state index contributed by atoms with van der Waals surface area (Å²) in [7, 11) is -3.24. The molecule has 3 rings (SSSR count). The number of carbonyl (C=O) groups excluding carboxylic acids is 1. The molecule has 0 aromatic carbocycles. The number of pyridine rings is 1. The van der Waals surface area contributed by atoms with E-state index in [1.165, 1.54) is 0 Å². The molecule has 4 nitrogen and oxygen atoms in total. The first-order valence-electron chi connectivity index (χ1n) is 7.49. The van der Waals surface area contributed by atoms with E-state index < -0.39 is 49.3 Å². The second kappa shape index (κ2) is 5.58. The Labute approximate surface area is 132 Å². The second-order valence-corrected chi connectivity index (χ2v) is 8.73. The van der Waals surface area contributed by atoms with E-state index in [0.29, 0.717) is 12.8 Å². The number of nitrogens with zero attached hydrogens (tertiary/aromatic N) is 1. The van der Waals surface area contributed by atoms with Crippen LogP contribution in [0, 0.1) is 5.92 Å². The molecule has 8 heteroatoms. The Bertz CT molecular complexity index is 710. The Hall–Kier alpha value is -1.44. The first-order chi connectivity index (χ1) is 10.7. The molecule has 2 bridgehead atoms. The molecule has 0 spiro atoms. The molecule has 2 saturated heterocycles. The van der Waals surface area contributed by atoms with Crippen LogP contribution in [0.25, 0.3) is 0 Å². The molecule has 2 aliphatic rings. The highest BCUT2D eigenvalue weighted by atomic mass is 32.2. The van der Waals surface area contributed by atoms with Crippen LogP contribution in [-0.2, 0) is 16.0 Å². The van der Waals surface area contributed by atoms with Gasteiger partial charge in [-0.15, -0.1) is 0 Å². The summed E-state index contributed by atoms with van der Waals surface area (Å²) < 4.78 is 63.6. The average Bonchev–Trinajstić information content (AvgIpc) is 2.44. The number of hydrogen-bond acceptors (Lipinski definition) is 4. The zero-order valence-electron chi connectivity index (χ0n) is 12.2. The SMILES string of the molecule is O=C(c1cnccc1C(F)(F)F)C1CC2CCCC(C1)S2(=O)=O. The summed E-state index contributed by atoms with van der Waals surface area (Å²) in [4.78, 5) is 16.2. The van der Waals surface area contributed by atoms with Crippen molar-refractivity contribution >= 4 is 15.6 Å². The van der Waals surface area contributed by atoms with Gasteiger partial charge in [-0.25, -0.2) is 8.42 Å². The summed E-state index contributed by atoms with van der Waals surface area (Å²) in [5.41, 5.74) is -1.46. The molecule has 2 unspecified atom stereocenters. The average molecular weight is 347 g/mol. The highest BCUT2D eigenvalue weighted by Crippen LogP contribution is 2.41. The van der Waals surface area contributed by atoms with Crippen molar-refractivity contribution in [1.29, 1.82) is 0 Å². The Balaban J connectivity index is 1.91. The number of alkyl halides is 3. The number of halogens is 3. The molecular weight excluding hydrogens is 331 g/mol. The Kier molecular flexibility index (Phi) is 3.98. The van der Waals surface area contributed by atoms with Gasteiger partial charge in [0, 0.05) is 23.9 Å². The first-order valence-corrected chi connectivity index (χ1v) is 9.10. The van der Waals surface area contributed by atoms with Gasteiger partial charge in [0.05, 0.1) is 16.1 Å². The standard InChI is InChI=1S/C15H16F3NO3S/c16-15(17,18)13-4-5-19-8-12(13)14(20)9-6-10-2-1-3-11(7-9)23(10,21)22/h4-5,8-11H,1-3,6-7H2. The Morgan fingerprint density at radius 1 is 1.17 bits per heavy atom. The fourth-order valence-electron chi connectivity index (χ4n) is 3.68. The number of hydrogen-bond donors (Lipinski definition) is 0.